The van der Waals surface area contributed by atoms with Crippen LogP contribution in [-0.4, -0.2) is 28.6 Å². The number of rotatable bonds is 10. The van der Waals surface area contributed by atoms with E-state index in [1.165, 1.54) is 0 Å². The Hall–Kier alpha value is -3.31. The number of amides is 1. The van der Waals surface area contributed by atoms with E-state index < -0.39 is 0 Å². The van der Waals surface area contributed by atoms with E-state index in [0.717, 1.165) is 58.1 Å². The summed E-state index contributed by atoms with van der Waals surface area (Å²) in [6, 6.07) is 21.6. The lowest BCUT2D eigenvalue weighted by Gasteiger charge is -2.11. The van der Waals surface area contributed by atoms with Crippen LogP contribution in [0.4, 0.5) is 0 Å². The van der Waals surface area contributed by atoms with Gasteiger partial charge in [0.15, 0.2) is 0 Å². The van der Waals surface area contributed by atoms with E-state index in [0.29, 0.717) is 25.1 Å². The van der Waals surface area contributed by atoms with Gasteiger partial charge in [0.1, 0.15) is 11.6 Å². The van der Waals surface area contributed by atoms with Gasteiger partial charge in [0.25, 0.3) is 5.91 Å². The van der Waals surface area contributed by atoms with E-state index in [2.05, 4.69) is 16.0 Å². The number of aromatic nitrogens is 2. The van der Waals surface area contributed by atoms with Crippen molar-refractivity contribution in [3.05, 3.63) is 94.3 Å². The van der Waals surface area contributed by atoms with Crippen LogP contribution in [0.1, 0.15) is 40.2 Å². The Kier molecular flexibility index (Phi) is 7.86. The molecule has 1 heterocycles. The highest BCUT2D eigenvalue weighted by molar-refractivity contribution is 6.31. The number of carbonyl (C=O) groups excluding carboxylic acids is 1. The molecule has 0 unspecified atom stereocenters. The summed E-state index contributed by atoms with van der Waals surface area (Å²) in [6.07, 6.45) is 2.57. The van der Waals surface area contributed by atoms with Gasteiger partial charge in [-0.15, -0.1) is 0 Å². The molecule has 176 valence electrons. The molecule has 0 radical (unpaired) electrons. The number of halogens is 1. The third-order valence-corrected chi connectivity index (χ3v) is 6.36. The summed E-state index contributed by atoms with van der Waals surface area (Å²) < 4.78 is 8.16. The zero-order valence-corrected chi connectivity index (χ0v) is 20.4. The first-order chi connectivity index (χ1) is 16.5. The number of fused-ring (bicyclic) bond motifs is 1. The molecule has 4 aromatic rings. The first-order valence-electron chi connectivity index (χ1n) is 11.7. The number of ether oxygens (including phenoxy) is 1. The van der Waals surface area contributed by atoms with Gasteiger partial charge in [0.05, 0.1) is 17.6 Å². The lowest BCUT2D eigenvalue weighted by Crippen LogP contribution is -2.27. The van der Waals surface area contributed by atoms with Crippen molar-refractivity contribution in [3.63, 3.8) is 0 Å². The fraction of sp³-hybridized carbons (Fsp3) is 0.286. The molecule has 0 atom stereocenters. The second kappa shape index (κ2) is 11.2. The minimum atomic E-state index is -0.0460. The fourth-order valence-electron chi connectivity index (χ4n) is 4.05. The molecular formula is C28H30ClN3O2. The van der Waals surface area contributed by atoms with Crippen LogP contribution in [0.5, 0.6) is 5.75 Å². The summed E-state index contributed by atoms with van der Waals surface area (Å²) in [5, 5.41) is 3.79. The Balaban J connectivity index is 1.34. The van der Waals surface area contributed by atoms with Gasteiger partial charge < -0.3 is 14.6 Å². The Morgan fingerprint density at radius 1 is 1.00 bits per heavy atom. The summed E-state index contributed by atoms with van der Waals surface area (Å²) in [7, 11) is 0. The maximum atomic E-state index is 12.6. The number of hydrogen-bond acceptors (Lipinski definition) is 3. The minimum Gasteiger partial charge on any atom is -0.494 e. The zero-order valence-electron chi connectivity index (χ0n) is 19.7. The summed E-state index contributed by atoms with van der Waals surface area (Å²) in [4.78, 5) is 17.4. The van der Waals surface area contributed by atoms with Crippen LogP contribution in [0.2, 0.25) is 5.02 Å². The van der Waals surface area contributed by atoms with Crippen molar-refractivity contribution >= 4 is 28.5 Å². The van der Waals surface area contributed by atoms with Gasteiger partial charge in [-0.25, -0.2) is 4.98 Å². The molecule has 0 saturated heterocycles. The number of imidazole rings is 1. The SMILES string of the molecule is Cc1cc(OCCCCn2c(CCNC(=O)c3ccccc3C)nc3ccccc32)ccc1Cl. The number of nitrogens with zero attached hydrogens (tertiary/aromatic N) is 2. The summed E-state index contributed by atoms with van der Waals surface area (Å²) in [6.45, 7) is 5.96. The van der Waals surface area contributed by atoms with Crippen LogP contribution in [-0.2, 0) is 13.0 Å². The van der Waals surface area contributed by atoms with Crippen molar-refractivity contribution < 1.29 is 9.53 Å². The van der Waals surface area contributed by atoms with E-state index in [4.69, 9.17) is 21.3 Å². The van der Waals surface area contributed by atoms with Gasteiger partial charge in [0, 0.05) is 30.1 Å². The fourth-order valence-corrected chi connectivity index (χ4v) is 4.16. The predicted molar refractivity (Wildman–Crippen MR) is 138 cm³/mol. The van der Waals surface area contributed by atoms with Crippen molar-refractivity contribution in [2.75, 3.05) is 13.2 Å². The number of para-hydroxylation sites is 2. The molecular weight excluding hydrogens is 446 g/mol. The quantitative estimate of drug-likeness (QED) is 0.280. The molecule has 1 aromatic heterocycles. The normalized spacial score (nSPS) is 11.0. The van der Waals surface area contributed by atoms with Gasteiger partial charge in [-0.2, -0.15) is 0 Å². The number of unbranched alkanes of at least 4 members (excludes halogenated alkanes) is 1. The molecule has 5 nitrogen and oxygen atoms in total. The Bertz CT molecular complexity index is 1280. The molecule has 0 bridgehead atoms. The minimum absolute atomic E-state index is 0.0460. The molecule has 6 heteroatoms. The van der Waals surface area contributed by atoms with E-state index in [1.807, 2.05) is 74.5 Å². The number of nitrogens with one attached hydrogen (secondary N) is 1. The van der Waals surface area contributed by atoms with E-state index in [-0.39, 0.29) is 5.91 Å². The van der Waals surface area contributed by atoms with Crippen molar-refractivity contribution in [1.29, 1.82) is 0 Å². The van der Waals surface area contributed by atoms with Crippen LogP contribution >= 0.6 is 11.6 Å². The average Bonchev–Trinajstić information content (AvgIpc) is 3.18. The van der Waals surface area contributed by atoms with Crippen molar-refractivity contribution in [2.24, 2.45) is 0 Å². The highest BCUT2D eigenvalue weighted by atomic mass is 35.5. The lowest BCUT2D eigenvalue weighted by molar-refractivity contribution is 0.0953. The van der Waals surface area contributed by atoms with E-state index in [1.54, 1.807) is 0 Å². The number of hydrogen-bond donors (Lipinski definition) is 1. The molecule has 4 rings (SSSR count). The number of benzene rings is 3. The maximum absolute atomic E-state index is 12.6. The molecule has 34 heavy (non-hydrogen) atoms. The highest BCUT2D eigenvalue weighted by Gasteiger charge is 2.12. The summed E-state index contributed by atoms with van der Waals surface area (Å²) >= 11 is 6.09. The molecule has 3 aromatic carbocycles. The van der Waals surface area contributed by atoms with E-state index in [9.17, 15) is 4.79 Å². The topological polar surface area (TPSA) is 56.1 Å². The maximum Gasteiger partial charge on any atom is 0.251 e. The lowest BCUT2D eigenvalue weighted by atomic mass is 10.1. The van der Waals surface area contributed by atoms with Crippen LogP contribution < -0.4 is 10.1 Å². The second-order valence-corrected chi connectivity index (χ2v) is 8.86. The third-order valence-electron chi connectivity index (χ3n) is 5.93. The molecule has 0 spiro atoms. The first kappa shape index (κ1) is 23.8. The Morgan fingerprint density at radius 3 is 2.62 bits per heavy atom. The Labute approximate surface area is 205 Å². The van der Waals surface area contributed by atoms with Crippen LogP contribution in [0.25, 0.3) is 11.0 Å². The van der Waals surface area contributed by atoms with Gasteiger partial charge >= 0.3 is 0 Å². The average molecular weight is 476 g/mol. The van der Waals surface area contributed by atoms with Crippen molar-refractivity contribution in [2.45, 2.75) is 39.7 Å². The zero-order chi connectivity index (χ0) is 23.9. The smallest absolute Gasteiger partial charge is 0.251 e. The summed E-state index contributed by atoms with van der Waals surface area (Å²) in [5.41, 5.74) is 4.81. The largest absolute Gasteiger partial charge is 0.494 e. The third kappa shape index (κ3) is 5.78. The van der Waals surface area contributed by atoms with Crippen LogP contribution in [0.15, 0.2) is 66.7 Å². The number of aryl methyl sites for hydroxylation is 3. The molecule has 0 aliphatic rings. The predicted octanol–water partition coefficient (Wildman–Crippen LogP) is 6.14. The number of carbonyl (C=O) groups is 1. The Morgan fingerprint density at radius 2 is 1.79 bits per heavy atom. The molecule has 0 saturated carbocycles. The van der Waals surface area contributed by atoms with Crippen LogP contribution in [0, 0.1) is 13.8 Å². The molecule has 1 amide bonds. The van der Waals surface area contributed by atoms with Gasteiger partial charge in [0.2, 0.25) is 0 Å². The van der Waals surface area contributed by atoms with Crippen molar-refractivity contribution in [1.82, 2.24) is 14.9 Å². The van der Waals surface area contributed by atoms with E-state index >= 15 is 0 Å². The highest BCUT2D eigenvalue weighted by Crippen LogP contribution is 2.21. The first-order valence-corrected chi connectivity index (χ1v) is 12.1. The molecule has 0 aliphatic heterocycles. The molecule has 1 N–H and O–H groups in total. The summed E-state index contributed by atoms with van der Waals surface area (Å²) in [5.74, 6) is 1.79. The van der Waals surface area contributed by atoms with Crippen molar-refractivity contribution in [3.8, 4) is 5.75 Å². The molecule has 0 aliphatic carbocycles. The van der Waals surface area contributed by atoms with Gasteiger partial charge in [-0.1, -0.05) is 41.9 Å². The monoisotopic (exact) mass is 475 g/mol. The second-order valence-electron chi connectivity index (χ2n) is 8.46. The van der Waals surface area contributed by atoms with Gasteiger partial charge in [-0.3, -0.25) is 4.79 Å². The standard InChI is InChI=1S/C28H30ClN3O2/c1-20-9-3-4-10-23(20)28(33)30-16-15-27-31-25-11-5-6-12-26(25)32(27)17-7-8-18-34-22-13-14-24(29)21(2)19-22/h3-6,9-14,19H,7-8,15-18H2,1-2H3,(H,30,33). The van der Waals surface area contributed by atoms with Gasteiger partial charge in [-0.05, 0) is 74.2 Å². The van der Waals surface area contributed by atoms with Crippen LogP contribution in [0.3, 0.4) is 0 Å². The molecule has 0 fully saturated rings.